The van der Waals surface area contributed by atoms with E-state index in [0.717, 1.165) is 12.2 Å². The van der Waals surface area contributed by atoms with Gasteiger partial charge in [0.1, 0.15) is 5.82 Å². The van der Waals surface area contributed by atoms with Gasteiger partial charge in [-0.25, -0.2) is 4.39 Å². The second kappa shape index (κ2) is 7.53. The second-order valence-electron chi connectivity index (χ2n) is 3.37. The van der Waals surface area contributed by atoms with Gasteiger partial charge >= 0.3 is 0 Å². The van der Waals surface area contributed by atoms with Gasteiger partial charge in [0.25, 0.3) is 0 Å². The first-order chi connectivity index (χ1) is 8.13. The number of thioether (sulfide) groups is 1. The molecule has 0 aromatic heterocycles. The van der Waals surface area contributed by atoms with Gasteiger partial charge in [-0.05, 0) is 36.9 Å². The third-order valence-electron chi connectivity index (χ3n) is 1.93. The Balaban J connectivity index is 2.40. The summed E-state index contributed by atoms with van der Waals surface area (Å²) in [6.45, 7) is 0.612. The summed E-state index contributed by atoms with van der Waals surface area (Å²) >= 11 is 7.08. The molecule has 3 nitrogen and oxygen atoms in total. The largest absolute Gasteiger partial charge is 0.330 e. The molecule has 0 bridgehead atoms. The summed E-state index contributed by atoms with van der Waals surface area (Å²) in [7, 11) is 0. The van der Waals surface area contributed by atoms with Gasteiger partial charge in [0.2, 0.25) is 5.91 Å². The van der Waals surface area contributed by atoms with Gasteiger partial charge in [0.05, 0.1) is 11.4 Å². The Labute approximate surface area is 109 Å². The average Bonchev–Trinajstić information content (AvgIpc) is 2.28. The fraction of sp³-hybridized carbons (Fsp3) is 0.364. The number of hydrogen-bond donors (Lipinski definition) is 2. The quantitative estimate of drug-likeness (QED) is 0.785. The highest BCUT2D eigenvalue weighted by molar-refractivity contribution is 7.99. The van der Waals surface area contributed by atoms with Crippen LogP contribution >= 0.6 is 23.4 Å². The van der Waals surface area contributed by atoms with Gasteiger partial charge in [0, 0.05) is 5.02 Å². The number of amides is 1. The van der Waals surface area contributed by atoms with Crippen LogP contribution in [0.15, 0.2) is 18.2 Å². The Hall–Kier alpha value is -0.780. The van der Waals surface area contributed by atoms with Crippen molar-refractivity contribution in [2.45, 2.75) is 6.42 Å². The minimum absolute atomic E-state index is 0.152. The summed E-state index contributed by atoms with van der Waals surface area (Å²) in [5.74, 6) is 0.362. The molecule has 0 aliphatic carbocycles. The smallest absolute Gasteiger partial charge is 0.234 e. The number of benzene rings is 1. The molecule has 94 valence electrons. The third-order valence-corrected chi connectivity index (χ3v) is 3.21. The van der Waals surface area contributed by atoms with E-state index in [2.05, 4.69) is 5.32 Å². The summed E-state index contributed by atoms with van der Waals surface area (Å²) in [6.07, 6.45) is 0.868. The van der Waals surface area contributed by atoms with Crippen molar-refractivity contribution in [1.29, 1.82) is 0 Å². The zero-order valence-corrected chi connectivity index (χ0v) is 10.8. The summed E-state index contributed by atoms with van der Waals surface area (Å²) in [5, 5.41) is 2.79. The van der Waals surface area contributed by atoms with Crippen LogP contribution in [0.4, 0.5) is 10.1 Å². The number of nitrogens with two attached hydrogens (primary N) is 1. The topological polar surface area (TPSA) is 55.1 Å². The predicted molar refractivity (Wildman–Crippen MR) is 71.0 cm³/mol. The lowest BCUT2D eigenvalue weighted by Crippen LogP contribution is -2.15. The molecule has 0 radical (unpaired) electrons. The van der Waals surface area contributed by atoms with Crippen molar-refractivity contribution < 1.29 is 9.18 Å². The molecule has 17 heavy (non-hydrogen) atoms. The van der Waals surface area contributed by atoms with Gasteiger partial charge < -0.3 is 11.1 Å². The molecular weight excluding hydrogens is 263 g/mol. The molecule has 1 rings (SSSR count). The van der Waals surface area contributed by atoms with Crippen LogP contribution in [-0.2, 0) is 4.79 Å². The first-order valence-corrected chi connectivity index (χ1v) is 6.69. The van der Waals surface area contributed by atoms with Crippen LogP contribution in [0.3, 0.4) is 0 Å². The van der Waals surface area contributed by atoms with E-state index in [1.54, 1.807) is 0 Å². The molecule has 0 unspecified atom stereocenters. The van der Waals surface area contributed by atoms with E-state index in [9.17, 15) is 9.18 Å². The normalized spacial score (nSPS) is 10.3. The van der Waals surface area contributed by atoms with Crippen molar-refractivity contribution in [2.75, 3.05) is 23.4 Å². The lowest BCUT2D eigenvalue weighted by Gasteiger charge is -2.06. The minimum atomic E-state index is -0.530. The molecule has 1 aromatic carbocycles. The van der Waals surface area contributed by atoms with Gasteiger partial charge in [-0.1, -0.05) is 11.6 Å². The standard InChI is InChI=1S/C11H14ClFN2OS/c12-8-2-3-10(9(13)6-8)15-11(16)7-17-5-1-4-14/h2-3,6H,1,4-5,7,14H2,(H,15,16). The molecule has 1 amide bonds. The van der Waals surface area contributed by atoms with Crippen molar-refractivity contribution in [2.24, 2.45) is 5.73 Å². The first kappa shape index (κ1) is 14.3. The maximum absolute atomic E-state index is 13.3. The van der Waals surface area contributed by atoms with Crippen molar-refractivity contribution in [3.8, 4) is 0 Å². The highest BCUT2D eigenvalue weighted by Crippen LogP contribution is 2.19. The zero-order valence-electron chi connectivity index (χ0n) is 9.21. The molecule has 0 aliphatic heterocycles. The Kier molecular flexibility index (Phi) is 6.32. The Bertz CT molecular complexity index is 390. The minimum Gasteiger partial charge on any atom is -0.330 e. The Morgan fingerprint density at radius 2 is 2.29 bits per heavy atom. The van der Waals surface area contributed by atoms with E-state index in [1.807, 2.05) is 0 Å². The summed E-state index contributed by atoms with van der Waals surface area (Å²) in [5.41, 5.74) is 5.48. The average molecular weight is 277 g/mol. The molecular formula is C11H14ClFN2OS. The van der Waals surface area contributed by atoms with Crippen LogP contribution in [0.5, 0.6) is 0 Å². The van der Waals surface area contributed by atoms with Gasteiger partial charge in [-0.3, -0.25) is 4.79 Å². The molecule has 0 saturated carbocycles. The fourth-order valence-electron chi connectivity index (χ4n) is 1.13. The monoisotopic (exact) mass is 276 g/mol. The molecule has 0 saturated heterocycles. The van der Waals surface area contributed by atoms with Crippen LogP contribution < -0.4 is 11.1 Å². The van der Waals surface area contributed by atoms with E-state index in [0.29, 0.717) is 17.3 Å². The number of rotatable bonds is 6. The number of carbonyl (C=O) groups excluding carboxylic acids is 1. The van der Waals surface area contributed by atoms with E-state index in [-0.39, 0.29) is 11.6 Å². The van der Waals surface area contributed by atoms with Crippen LogP contribution in [-0.4, -0.2) is 24.0 Å². The van der Waals surface area contributed by atoms with Gasteiger partial charge in [0.15, 0.2) is 0 Å². The molecule has 1 aromatic rings. The zero-order chi connectivity index (χ0) is 12.7. The summed E-state index contributed by atoms with van der Waals surface area (Å²) < 4.78 is 13.3. The van der Waals surface area contributed by atoms with Crippen molar-refractivity contribution in [3.63, 3.8) is 0 Å². The lowest BCUT2D eigenvalue weighted by atomic mass is 10.3. The van der Waals surface area contributed by atoms with Crippen LogP contribution in [0, 0.1) is 5.82 Å². The highest BCUT2D eigenvalue weighted by atomic mass is 35.5. The number of carbonyl (C=O) groups is 1. The lowest BCUT2D eigenvalue weighted by molar-refractivity contribution is -0.113. The molecule has 6 heteroatoms. The number of halogens is 2. The molecule has 0 heterocycles. The molecule has 0 atom stereocenters. The van der Waals surface area contributed by atoms with Crippen LogP contribution in [0.2, 0.25) is 5.02 Å². The maximum Gasteiger partial charge on any atom is 0.234 e. The predicted octanol–water partition coefficient (Wildman–Crippen LogP) is 2.50. The SMILES string of the molecule is NCCCSCC(=O)Nc1ccc(Cl)cc1F. The van der Waals surface area contributed by atoms with Crippen LogP contribution in [0.1, 0.15) is 6.42 Å². The van der Waals surface area contributed by atoms with Gasteiger partial charge in [-0.15, -0.1) is 0 Å². The molecule has 0 aliphatic rings. The number of nitrogens with one attached hydrogen (secondary N) is 1. The third kappa shape index (κ3) is 5.39. The van der Waals surface area contributed by atoms with Gasteiger partial charge in [-0.2, -0.15) is 11.8 Å². The molecule has 3 N–H and O–H groups in total. The summed E-state index contributed by atoms with van der Waals surface area (Å²) in [4.78, 5) is 11.4. The van der Waals surface area contributed by atoms with Crippen LogP contribution in [0.25, 0.3) is 0 Å². The molecule has 0 fully saturated rings. The highest BCUT2D eigenvalue weighted by Gasteiger charge is 2.07. The van der Waals surface area contributed by atoms with E-state index in [4.69, 9.17) is 17.3 Å². The van der Waals surface area contributed by atoms with E-state index in [1.165, 1.54) is 30.0 Å². The first-order valence-electron chi connectivity index (χ1n) is 5.16. The number of anilines is 1. The maximum atomic E-state index is 13.3. The molecule has 0 spiro atoms. The van der Waals surface area contributed by atoms with Crippen molar-refractivity contribution in [3.05, 3.63) is 29.0 Å². The van der Waals surface area contributed by atoms with E-state index < -0.39 is 5.82 Å². The summed E-state index contributed by atoms with van der Waals surface area (Å²) in [6, 6.07) is 4.14. The Morgan fingerprint density at radius 3 is 2.94 bits per heavy atom. The number of hydrogen-bond acceptors (Lipinski definition) is 3. The second-order valence-corrected chi connectivity index (χ2v) is 4.91. The Morgan fingerprint density at radius 1 is 1.53 bits per heavy atom. The van der Waals surface area contributed by atoms with Crippen molar-refractivity contribution in [1.82, 2.24) is 0 Å². The fourth-order valence-corrected chi connectivity index (χ4v) is 2.06. The van der Waals surface area contributed by atoms with Crippen molar-refractivity contribution >= 4 is 35.0 Å². The van der Waals surface area contributed by atoms with E-state index >= 15 is 0 Å².